The van der Waals surface area contributed by atoms with E-state index in [1.165, 1.54) is 6.08 Å². The summed E-state index contributed by atoms with van der Waals surface area (Å²) in [5.41, 5.74) is 0.426. The summed E-state index contributed by atoms with van der Waals surface area (Å²) in [4.78, 5) is 0. The second-order valence-corrected chi connectivity index (χ2v) is 1.50. The van der Waals surface area contributed by atoms with Crippen molar-refractivity contribution in [3.63, 3.8) is 0 Å². The van der Waals surface area contributed by atoms with Gasteiger partial charge in [-0.05, 0) is 6.08 Å². The molecule has 0 radical (unpaired) electrons. The van der Waals surface area contributed by atoms with Gasteiger partial charge >= 0.3 is 0 Å². The third kappa shape index (κ3) is 5.00. The molecule has 0 unspecified atom stereocenters. The molecule has 0 aromatic carbocycles. The second-order valence-electron chi connectivity index (χ2n) is 1.50. The number of rotatable bonds is 4. The maximum atomic E-state index is 11.4. The summed E-state index contributed by atoms with van der Waals surface area (Å²) >= 11 is 0. The Morgan fingerprint density at radius 1 is 1.67 bits per heavy atom. The molecule has 3 heteroatoms. The predicted molar refractivity (Wildman–Crippen MR) is 33.3 cm³/mol. The summed E-state index contributed by atoms with van der Waals surface area (Å²) in [5.74, 6) is 0. The van der Waals surface area contributed by atoms with Crippen LogP contribution in [-0.2, 0) is 0 Å². The molecule has 1 nitrogen and oxygen atoms in total. The fourth-order valence-corrected chi connectivity index (χ4v) is 0.280. The van der Waals surface area contributed by atoms with Crippen molar-refractivity contribution in [3.05, 3.63) is 24.9 Å². The van der Waals surface area contributed by atoms with Crippen molar-refractivity contribution in [3.8, 4) is 0 Å². The van der Waals surface area contributed by atoms with Gasteiger partial charge in [-0.2, -0.15) is 0 Å². The first-order valence-corrected chi connectivity index (χ1v) is 2.50. The van der Waals surface area contributed by atoms with E-state index in [2.05, 4.69) is 18.5 Å². The molecule has 0 rings (SSSR count). The molecule has 52 valence electrons. The minimum absolute atomic E-state index is 0.356. The van der Waals surface area contributed by atoms with Crippen molar-refractivity contribution in [2.24, 2.45) is 0 Å². The lowest BCUT2D eigenvalue weighted by Gasteiger charge is -2.02. The van der Waals surface area contributed by atoms with Crippen molar-refractivity contribution in [2.75, 3.05) is 6.54 Å². The van der Waals surface area contributed by atoms with Crippen LogP contribution in [0.4, 0.5) is 8.78 Å². The summed E-state index contributed by atoms with van der Waals surface area (Å²) in [6.07, 6.45) is -0.941. The number of nitrogens with one attached hydrogen (secondary N) is 1. The van der Waals surface area contributed by atoms with Gasteiger partial charge in [-0.3, -0.25) is 0 Å². The SMILES string of the molecule is C=CC(=C)NCC(F)F. The van der Waals surface area contributed by atoms with Crippen LogP contribution in [0.1, 0.15) is 0 Å². The number of hydrogen-bond donors (Lipinski definition) is 1. The molecule has 1 N–H and O–H groups in total. The normalized spacial score (nSPS) is 9.22. The van der Waals surface area contributed by atoms with Crippen LogP contribution in [0, 0.1) is 0 Å². The molecule has 0 saturated carbocycles. The topological polar surface area (TPSA) is 12.0 Å². The first-order chi connectivity index (χ1) is 4.16. The highest BCUT2D eigenvalue weighted by molar-refractivity contribution is 5.07. The van der Waals surface area contributed by atoms with Crippen molar-refractivity contribution >= 4 is 0 Å². The number of hydrogen-bond acceptors (Lipinski definition) is 1. The third-order valence-corrected chi connectivity index (χ3v) is 0.730. The van der Waals surface area contributed by atoms with E-state index in [1.54, 1.807) is 0 Å². The molecular weight excluding hydrogens is 124 g/mol. The fraction of sp³-hybridized carbons (Fsp3) is 0.333. The van der Waals surface area contributed by atoms with E-state index in [9.17, 15) is 8.78 Å². The van der Waals surface area contributed by atoms with Gasteiger partial charge in [-0.15, -0.1) is 0 Å². The van der Waals surface area contributed by atoms with Crippen molar-refractivity contribution < 1.29 is 8.78 Å². The fourth-order valence-electron chi connectivity index (χ4n) is 0.280. The molecule has 9 heavy (non-hydrogen) atoms. The summed E-state index contributed by atoms with van der Waals surface area (Å²) in [5, 5.41) is 2.37. The highest BCUT2D eigenvalue weighted by Gasteiger charge is 1.98. The summed E-state index contributed by atoms with van der Waals surface area (Å²) in [7, 11) is 0. The lowest BCUT2D eigenvalue weighted by atomic mass is 10.5. The van der Waals surface area contributed by atoms with E-state index >= 15 is 0 Å². The first kappa shape index (κ1) is 8.14. The van der Waals surface area contributed by atoms with Crippen LogP contribution in [0.15, 0.2) is 24.9 Å². The Morgan fingerprint density at radius 3 is 2.56 bits per heavy atom. The van der Waals surface area contributed by atoms with Crippen molar-refractivity contribution in [2.45, 2.75) is 6.43 Å². The summed E-state index contributed by atoms with van der Waals surface area (Å²) in [6.45, 7) is 6.36. The van der Waals surface area contributed by atoms with Crippen molar-refractivity contribution in [1.29, 1.82) is 0 Å². The zero-order valence-electron chi connectivity index (χ0n) is 5.03. The van der Waals surface area contributed by atoms with Gasteiger partial charge in [-0.25, -0.2) is 8.78 Å². The third-order valence-electron chi connectivity index (χ3n) is 0.730. The van der Waals surface area contributed by atoms with Gasteiger partial charge < -0.3 is 5.32 Å². The Balaban J connectivity index is 3.27. The molecule has 0 aliphatic heterocycles. The van der Waals surface area contributed by atoms with Gasteiger partial charge in [0.25, 0.3) is 6.43 Å². The molecular formula is C6H9F2N. The van der Waals surface area contributed by atoms with E-state index in [1.807, 2.05) is 0 Å². The zero-order valence-corrected chi connectivity index (χ0v) is 5.03. The smallest absolute Gasteiger partial charge is 0.255 e. The van der Waals surface area contributed by atoms with Crippen LogP contribution in [0.2, 0.25) is 0 Å². The lowest BCUT2D eigenvalue weighted by Crippen LogP contribution is -2.18. The largest absolute Gasteiger partial charge is 0.380 e. The maximum Gasteiger partial charge on any atom is 0.255 e. The van der Waals surface area contributed by atoms with Crippen LogP contribution in [-0.4, -0.2) is 13.0 Å². The Kier molecular flexibility index (Phi) is 3.67. The summed E-state index contributed by atoms with van der Waals surface area (Å²) in [6, 6.07) is 0. The quantitative estimate of drug-likeness (QED) is 0.573. The highest BCUT2D eigenvalue weighted by Crippen LogP contribution is 1.90. The average molecular weight is 133 g/mol. The molecule has 0 aromatic heterocycles. The number of halogens is 2. The molecule has 0 aliphatic rings. The Labute approximate surface area is 53.1 Å². The highest BCUT2D eigenvalue weighted by atomic mass is 19.3. The molecule has 0 spiro atoms. The minimum atomic E-state index is -2.33. The minimum Gasteiger partial charge on any atom is -0.380 e. The molecule has 0 aliphatic carbocycles. The van der Waals surface area contributed by atoms with Crippen LogP contribution in [0.3, 0.4) is 0 Å². The molecule has 0 atom stereocenters. The van der Waals surface area contributed by atoms with Crippen LogP contribution in [0.25, 0.3) is 0 Å². The monoisotopic (exact) mass is 133 g/mol. The van der Waals surface area contributed by atoms with Gasteiger partial charge in [0.15, 0.2) is 0 Å². The van der Waals surface area contributed by atoms with E-state index < -0.39 is 6.43 Å². The van der Waals surface area contributed by atoms with Crippen LogP contribution < -0.4 is 5.32 Å². The van der Waals surface area contributed by atoms with E-state index in [-0.39, 0.29) is 6.54 Å². The van der Waals surface area contributed by atoms with Crippen LogP contribution >= 0.6 is 0 Å². The van der Waals surface area contributed by atoms with Crippen LogP contribution in [0.5, 0.6) is 0 Å². The Bertz CT molecular complexity index is 110. The number of alkyl halides is 2. The molecule has 0 bridgehead atoms. The Hall–Kier alpha value is -0.860. The van der Waals surface area contributed by atoms with E-state index in [4.69, 9.17) is 0 Å². The summed E-state index contributed by atoms with van der Waals surface area (Å²) < 4.78 is 22.8. The van der Waals surface area contributed by atoms with Gasteiger partial charge in [-0.1, -0.05) is 13.2 Å². The molecule has 0 aromatic rings. The lowest BCUT2D eigenvalue weighted by molar-refractivity contribution is 0.150. The van der Waals surface area contributed by atoms with E-state index in [0.717, 1.165) is 0 Å². The predicted octanol–water partition coefficient (Wildman–Crippen LogP) is 1.54. The second kappa shape index (κ2) is 4.06. The van der Waals surface area contributed by atoms with Gasteiger partial charge in [0.1, 0.15) is 0 Å². The van der Waals surface area contributed by atoms with E-state index in [0.29, 0.717) is 5.70 Å². The maximum absolute atomic E-state index is 11.4. The van der Waals surface area contributed by atoms with Gasteiger partial charge in [0.05, 0.1) is 6.54 Å². The zero-order chi connectivity index (χ0) is 7.28. The Morgan fingerprint density at radius 2 is 2.22 bits per heavy atom. The first-order valence-electron chi connectivity index (χ1n) is 2.50. The molecule has 0 amide bonds. The van der Waals surface area contributed by atoms with Gasteiger partial charge in [0, 0.05) is 5.70 Å². The molecule has 0 heterocycles. The molecule has 0 saturated heterocycles. The average Bonchev–Trinajstić information content (AvgIpc) is 1.83. The molecule has 0 fully saturated rings. The van der Waals surface area contributed by atoms with Crippen molar-refractivity contribution in [1.82, 2.24) is 5.32 Å². The van der Waals surface area contributed by atoms with Gasteiger partial charge in [0.2, 0.25) is 0 Å². The standard InChI is InChI=1S/C6H9F2N/c1-3-5(2)9-4-6(7)8/h3,6,9H,1-2,4H2. The number of allylic oxidation sites excluding steroid dienone is 1.